The lowest BCUT2D eigenvalue weighted by Crippen LogP contribution is -2.10. The van der Waals surface area contributed by atoms with Crippen LogP contribution in [0.1, 0.15) is 33.1 Å². The van der Waals surface area contributed by atoms with E-state index in [0.29, 0.717) is 17.9 Å². The topological polar surface area (TPSA) is 63.6 Å². The van der Waals surface area contributed by atoms with Crippen LogP contribution in [0.3, 0.4) is 0 Å². The van der Waals surface area contributed by atoms with Gasteiger partial charge in [-0.3, -0.25) is 9.59 Å². The van der Waals surface area contributed by atoms with Crippen LogP contribution in [0.25, 0.3) is 0 Å². The summed E-state index contributed by atoms with van der Waals surface area (Å²) in [4.78, 5) is 21.2. The molecule has 4 heteroatoms. The van der Waals surface area contributed by atoms with E-state index < -0.39 is 11.9 Å². The highest BCUT2D eigenvalue weighted by molar-refractivity contribution is 5.76. The minimum Gasteiger partial charge on any atom is -0.481 e. The first-order valence-corrected chi connectivity index (χ1v) is 4.79. The number of hydrogen-bond acceptors (Lipinski definition) is 3. The molecule has 0 saturated heterocycles. The summed E-state index contributed by atoms with van der Waals surface area (Å²) in [5.74, 6) is -0.917. The fourth-order valence-corrected chi connectivity index (χ4v) is 1.34. The Kier molecular flexibility index (Phi) is 3.13. The van der Waals surface area contributed by atoms with Gasteiger partial charge in [0.2, 0.25) is 0 Å². The fourth-order valence-electron chi connectivity index (χ4n) is 1.34. The largest absolute Gasteiger partial charge is 0.481 e. The van der Waals surface area contributed by atoms with Gasteiger partial charge in [-0.2, -0.15) is 0 Å². The Morgan fingerprint density at radius 2 is 2.00 bits per heavy atom. The molecule has 1 aliphatic rings. The second-order valence-electron chi connectivity index (χ2n) is 4.47. The van der Waals surface area contributed by atoms with Crippen molar-refractivity contribution in [3.05, 3.63) is 0 Å². The van der Waals surface area contributed by atoms with Gasteiger partial charge in [0.25, 0.3) is 0 Å². The van der Waals surface area contributed by atoms with Crippen molar-refractivity contribution < 1.29 is 19.4 Å². The van der Waals surface area contributed by atoms with Crippen LogP contribution in [0.15, 0.2) is 0 Å². The number of carboxylic acid groups (broad SMARTS) is 1. The Balaban J connectivity index is 2.07. The maximum absolute atomic E-state index is 11.0. The van der Waals surface area contributed by atoms with Gasteiger partial charge in [-0.15, -0.1) is 0 Å². The monoisotopic (exact) mass is 200 g/mol. The molecule has 0 aromatic carbocycles. The third-order valence-corrected chi connectivity index (χ3v) is 2.71. The van der Waals surface area contributed by atoms with E-state index in [9.17, 15) is 9.59 Å². The summed E-state index contributed by atoms with van der Waals surface area (Å²) >= 11 is 0. The van der Waals surface area contributed by atoms with E-state index in [1.54, 1.807) is 0 Å². The zero-order valence-electron chi connectivity index (χ0n) is 8.58. The third kappa shape index (κ3) is 3.36. The molecule has 0 bridgehead atoms. The number of ether oxygens (including phenoxy) is 1. The molecule has 80 valence electrons. The van der Waals surface area contributed by atoms with Gasteiger partial charge in [0.05, 0.1) is 19.4 Å². The number of rotatable bonds is 5. The van der Waals surface area contributed by atoms with E-state index in [0.717, 1.165) is 6.42 Å². The summed E-state index contributed by atoms with van der Waals surface area (Å²) in [5, 5.41) is 8.33. The van der Waals surface area contributed by atoms with Gasteiger partial charge < -0.3 is 9.84 Å². The average molecular weight is 200 g/mol. The normalized spacial score (nSPS) is 22.9. The van der Waals surface area contributed by atoms with Crippen LogP contribution in [-0.2, 0) is 14.3 Å². The number of carboxylic acids is 1. The number of carbonyl (C=O) groups excluding carboxylic acids is 1. The van der Waals surface area contributed by atoms with Gasteiger partial charge in [0.1, 0.15) is 0 Å². The molecule has 1 N–H and O–H groups in total. The lowest BCUT2D eigenvalue weighted by Gasteiger charge is -2.04. The van der Waals surface area contributed by atoms with E-state index in [1.807, 2.05) is 0 Å². The summed E-state index contributed by atoms with van der Waals surface area (Å²) in [6.45, 7) is 4.69. The number of hydrogen-bond donors (Lipinski definition) is 1. The van der Waals surface area contributed by atoms with Crippen molar-refractivity contribution in [3.8, 4) is 0 Å². The quantitative estimate of drug-likeness (QED) is 0.682. The first-order valence-electron chi connectivity index (χ1n) is 4.79. The maximum atomic E-state index is 11.0. The maximum Gasteiger partial charge on any atom is 0.306 e. The SMILES string of the molecule is CC1(C)CC1COC(=O)CCC(=O)O. The van der Waals surface area contributed by atoms with Crippen LogP contribution < -0.4 is 0 Å². The van der Waals surface area contributed by atoms with Gasteiger partial charge in [-0.1, -0.05) is 13.8 Å². The van der Waals surface area contributed by atoms with Gasteiger partial charge in [-0.05, 0) is 17.8 Å². The van der Waals surface area contributed by atoms with E-state index in [2.05, 4.69) is 13.8 Å². The molecule has 1 rings (SSSR count). The Morgan fingerprint density at radius 1 is 1.43 bits per heavy atom. The second-order valence-corrected chi connectivity index (χ2v) is 4.47. The van der Waals surface area contributed by atoms with Crippen LogP contribution in [0, 0.1) is 11.3 Å². The highest BCUT2D eigenvalue weighted by Gasteiger charge is 2.46. The Morgan fingerprint density at radius 3 is 2.43 bits per heavy atom. The highest BCUT2D eigenvalue weighted by atomic mass is 16.5. The molecule has 0 radical (unpaired) electrons. The second kappa shape index (κ2) is 3.98. The number of esters is 1. The Hall–Kier alpha value is -1.06. The predicted molar refractivity (Wildman–Crippen MR) is 49.7 cm³/mol. The van der Waals surface area contributed by atoms with Crippen molar-refractivity contribution in [1.29, 1.82) is 0 Å². The fraction of sp³-hybridized carbons (Fsp3) is 0.800. The lowest BCUT2D eigenvalue weighted by atomic mass is 10.1. The summed E-state index contributed by atoms with van der Waals surface area (Å²) < 4.78 is 4.95. The van der Waals surface area contributed by atoms with Crippen LogP contribution >= 0.6 is 0 Å². The van der Waals surface area contributed by atoms with E-state index in [4.69, 9.17) is 9.84 Å². The summed E-state index contributed by atoms with van der Waals surface area (Å²) in [5.41, 5.74) is 0.299. The molecule has 0 amide bonds. The van der Waals surface area contributed by atoms with Crippen molar-refractivity contribution in [2.45, 2.75) is 33.1 Å². The van der Waals surface area contributed by atoms with Gasteiger partial charge in [0.15, 0.2) is 0 Å². The zero-order valence-corrected chi connectivity index (χ0v) is 8.58. The lowest BCUT2D eigenvalue weighted by molar-refractivity contribution is -0.148. The number of aliphatic carboxylic acids is 1. The van der Waals surface area contributed by atoms with Gasteiger partial charge in [0, 0.05) is 0 Å². The van der Waals surface area contributed by atoms with Crippen LogP contribution in [0.4, 0.5) is 0 Å². The minimum absolute atomic E-state index is 0.0253. The zero-order chi connectivity index (χ0) is 10.8. The molecule has 1 saturated carbocycles. The van der Waals surface area contributed by atoms with Crippen molar-refractivity contribution in [2.24, 2.45) is 11.3 Å². The first-order chi connectivity index (χ1) is 6.42. The molecule has 0 aliphatic heterocycles. The van der Waals surface area contributed by atoms with E-state index in [1.165, 1.54) is 0 Å². The van der Waals surface area contributed by atoms with Gasteiger partial charge >= 0.3 is 11.9 Å². The van der Waals surface area contributed by atoms with Crippen LogP contribution in [0.2, 0.25) is 0 Å². The standard InChI is InChI=1S/C10H16O4/c1-10(2)5-7(10)6-14-9(13)4-3-8(11)12/h7H,3-6H2,1-2H3,(H,11,12). The molecule has 4 nitrogen and oxygen atoms in total. The molecule has 1 aliphatic carbocycles. The molecule has 1 atom stereocenters. The summed E-state index contributed by atoms with van der Waals surface area (Å²) in [6, 6.07) is 0. The molecule has 0 spiro atoms. The third-order valence-electron chi connectivity index (χ3n) is 2.71. The Labute approximate surface area is 83.2 Å². The molecule has 14 heavy (non-hydrogen) atoms. The minimum atomic E-state index is -0.964. The molecule has 0 aromatic heterocycles. The molecule has 0 aromatic rings. The first kappa shape index (κ1) is 11.0. The Bertz CT molecular complexity index is 245. The molecular weight excluding hydrogens is 184 g/mol. The van der Waals surface area contributed by atoms with Crippen molar-refractivity contribution in [3.63, 3.8) is 0 Å². The van der Waals surface area contributed by atoms with Crippen LogP contribution in [-0.4, -0.2) is 23.7 Å². The molecule has 1 fully saturated rings. The smallest absolute Gasteiger partial charge is 0.306 e. The highest BCUT2D eigenvalue weighted by Crippen LogP contribution is 2.51. The average Bonchev–Trinajstić information content (AvgIpc) is 2.67. The van der Waals surface area contributed by atoms with Crippen LogP contribution in [0.5, 0.6) is 0 Å². The molecule has 0 heterocycles. The van der Waals surface area contributed by atoms with E-state index in [-0.39, 0.29) is 12.8 Å². The number of carbonyl (C=O) groups is 2. The van der Waals surface area contributed by atoms with Crippen molar-refractivity contribution >= 4 is 11.9 Å². The molecular formula is C10H16O4. The predicted octanol–water partition coefficient (Wildman–Crippen LogP) is 1.44. The summed E-state index contributed by atoms with van der Waals surface area (Å²) in [7, 11) is 0. The van der Waals surface area contributed by atoms with Gasteiger partial charge in [-0.25, -0.2) is 0 Å². The van der Waals surface area contributed by atoms with E-state index >= 15 is 0 Å². The molecule has 1 unspecified atom stereocenters. The summed E-state index contributed by atoms with van der Waals surface area (Å²) in [6.07, 6.45) is 0.911. The van der Waals surface area contributed by atoms with Crippen molar-refractivity contribution in [2.75, 3.05) is 6.61 Å². The van der Waals surface area contributed by atoms with Crippen molar-refractivity contribution in [1.82, 2.24) is 0 Å².